The molecule has 0 aliphatic carbocycles. The van der Waals surface area contributed by atoms with E-state index < -0.39 is 47.0 Å². The van der Waals surface area contributed by atoms with Gasteiger partial charge in [-0.1, -0.05) is 91.0 Å². The lowest BCUT2D eigenvalue weighted by atomic mass is 9.59. The number of rotatable bonds is 8. The van der Waals surface area contributed by atoms with E-state index in [1.54, 1.807) is 6.92 Å². The van der Waals surface area contributed by atoms with E-state index >= 15 is 0 Å². The van der Waals surface area contributed by atoms with E-state index in [0.717, 1.165) is 4.57 Å². The number of aliphatic hydroxyl groups excluding tert-OH is 2. The van der Waals surface area contributed by atoms with Gasteiger partial charge in [0.1, 0.15) is 12.2 Å². The van der Waals surface area contributed by atoms with E-state index in [2.05, 4.69) is 4.98 Å². The molecule has 9 heteroatoms. The van der Waals surface area contributed by atoms with Crippen molar-refractivity contribution < 1.29 is 24.8 Å². The first-order valence-electron chi connectivity index (χ1n) is 13.1. The maximum atomic E-state index is 13.8. The Hall–Kier alpha value is -3.86. The van der Waals surface area contributed by atoms with Gasteiger partial charge in [-0.15, -0.1) is 0 Å². The maximum absolute atomic E-state index is 13.8. The molecule has 0 radical (unpaired) electrons. The summed E-state index contributed by atoms with van der Waals surface area (Å²) in [6, 6.07) is 27.4. The standard InChI is InChI=1S/C31H32N2O7/c1-3-39-30(38)26(35)25(20-34)40-31(30,33-19-21(2)27(36)32-28(33)37)29(22-13-7-4-8-14-22,23-15-9-5-10-16-23)24-17-11-6-12-18-24/h4-19,25-26,34-35,38H,3,20H2,1-2H3,(H,32,36,37)/t25-,26-,30+,31-/m1/s1. The second-order valence-corrected chi connectivity index (χ2v) is 9.85. The summed E-state index contributed by atoms with van der Waals surface area (Å²) in [5.74, 6) is -2.62. The Bertz CT molecular complexity index is 1480. The Labute approximate surface area is 230 Å². The molecule has 1 aliphatic heterocycles. The summed E-state index contributed by atoms with van der Waals surface area (Å²) in [6.07, 6.45) is -1.88. The van der Waals surface area contributed by atoms with Crippen LogP contribution in [0.5, 0.6) is 0 Å². The number of hydrogen-bond donors (Lipinski definition) is 4. The van der Waals surface area contributed by atoms with Gasteiger partial charge < -0.3 is 24.8 Å². The van der Waals surface area contributed by atoms with Crippen LogP contribution < -0.4 is 11.2 Å². The average molecular weight is 545 g/mol. The van der Waals surface area contributed by atoms with Gasteiger partial charge >= 0.3 is 5.69 Å². The largest absolute Gasteiger partial charge is 0.394 e. The number of aromatic amines is 1. The van der Waals surface area contributed by atoms with E-state index in [1.807, 2.05) is 91.0 Å². The number of benzene rings is 3. The first-order valence-corrected chi connectivity index (χ1v) is 13.1. The zero-order valence-corrected chi connectivity index (χ0v) is 22.2. The summed E-state index contributed by atoms with van der Waals surface area (Å²) in [5, 5.41) is 34.6. The van der Waals surface area contributed by atoms with Gasteiger partial charge in [-0.2, -0.15) is 0 Å². The van der Waals surface area contributed by atoms with Crippen molar-refractivity contribution in [3.8, 4) is 0 Å². The van der Waals surface area contributed by atoms with E-state index in [9.17, 15) is 24.9 Å². The van der Waals surface area contributed by atoms with E-state index in [-0.39, 0.29) is 12.2 Å². The van der Waals surface area contributed by atoms with Crippen molar-refractivity contribution in [1.29, 1.82) is 0 Å². The third-order valence-electron chi connectivity index (χ3n) is 7.69. The molecule has 4 atom stereocenters. The van der Waals surface area contributed by atoms with Crippen LogP contribution in [-0.4, -0.2) is 56.1 Å². The molecule has 208 valence electrons. The zero-order chi connectivity index (χ0) is 28.5. The predicted molar refractivity (Wildman–Crippen MR) is 148 cm³/mol. The maximum Gasteiger partial charge on any atom is 0.330 e. The first-order chi connectivity index (χ1) is 19.3. The second-order valence-electron chi connectivity index (χ2n) is 9.85. The van der Waals surface area contributed by atoms with Crippen molar-refractivity contribution in [3.63, 3.8) is 0 Å². The van der Waals surface area contributed by atoms with Crippen LogP contribution >= 0.6 is 0 Å². The smallest absolute Gasteiger partial charge is 0.330 e. The van der Waals surface area contributed by atoms with E-state index in [0.29, 0.717) is 16.7 Å². The molecule has 1 fully saturated rings. The van der Waals surface area contributed by atoms with Gasteiger partial charge in [0.15, 0.2) is 0 Å². The first kappa shape index (κ1) is 27.7. The summed E-state index contributed by atoms with van der Waals surface area (Å²) < 4.78 is 13.7. The molecule has 0 unspecified atom stereocenters. The lowest BCUT2D eigenvalue weighted by molar-refractivity contribution is -0.337. The van der Waals surface area contributed by atoms with Gasteiger partial charge in [-0.05, 0) is 30.5 Å². The zero-order valence-electron chi connectivity index (χ0n) is 22.2. The van der Waals surface area contributed by atoms with Crippen molar-refractivity contribution in [2.45, 2.75) is 43.0 Å². The van der Waals surface area contributed by atoms with E-state index in [4.69, 9.17) is 9.47 Å². The Morgan fingerprint density at radius 3 is 1.82 bits per heavy atom. The summed E-state index contributed by atoms with van der Waals surface area (Å²) in [6.45, 7) is 2.39. The molecular weight excluding hydrogens is 512 g/mol. The minimum absolute atomic E-state index is 0.0810. The van der Waals surface area contributed by atoms with Crippen molar-refractivity contribution in [3.05, 3.63) is 140 Å². The average Bonchev–Trinajstić information content (AvgIpc) is 3.20. The summed E-state index contributed by atoms with van der Waals surface area (Å²) >= 11 is 0. The van der Waals surface area contributed by atoms with Crippen molar-refractivity contribution in [2.75, 3.05) is 13.2 Å². The molecular formula is C31H32N2O7. The lowest BCUT2D eigenvalue weighted by Gasteiger charge is -2.54. The number of aryl methyl sites for hydroxylation is 1. The summed E-state index contributed by atoms with van der Waals surface area (Å²) in [7, 11) is 0. The number of H-pyrrole nitrogens is 1. The van der Waals surface area contributed by atoms with Gasteiger partial charge in [-0.25, -0.2) is 4.79 Å². The fourth-order valence-electron chi connectivity index (χ4n) is 6.08. The third kappa shape index (κ3) is 3.81. The second kappa shape index (κ2) is 10.6. The molecule has 9 nitrogen and oxygen atoms in total. The van der Waals surface area contributed by atoms with Crippen LogP contribution in [0.15, 0.2) is 107 Å². The molecule has 0 amide bonds. The van der Waals surface area contributed by atoms with Crippen LogP contribution in [0.2, 0.25) is 0 Å². The quantitative estimate of drug-likeness (QED) is 0.197. The number of nitrogens with one attached hydrogen (secondary N) is 1. The molecule has 0 bridgehead atoms. The molecule has 0 spiro atoms. The molecule has 1 aliphatic rings. The molecule has 2 heterocycles. The summed E-state index contributed by atoms with van der Waals surface area (Å²) in [5.41, 5.74) is -3.48. The topological polar surface area (TPSA) is 134 Å². The van der Waals surface area contributed by atoms with Crippen molar-refractivity contribution >= 4 is 0 Å². The number of aliphatic hydroxyl groups is 3. The Morgan fingerprint density at radius 1 is 0.925 bits per heavy atom. The van der Waals surface area contributed by atoms with Gasteiger partial charge in [0.2, 0.25) is 11.5 Å². The Morgan fingerprint density at radius 2 is 1.40 bits per heavy atom. The highest BCUT2D eigenvalue weighted by Crippen LogP contribution is 2.60. The molecule has 1 saturated heterocycles. The summed E-state index contributed by atoms with van der Waals surface area (Å²) in [4.78, 5) is 28.7. The normalized spacial score (nSPS) is 24.7. The molecule has 0 saturated carbocycles. The number of ether oxygens (including phenoxy) is 2. The molecule has 4 aromatic rings. The van der Waals surface area contributed by atoms with Crippen LogP contribution in [0.4, 0.5) is 0 Å². The fraction of sp³-hybridized carbons (Fsp3) is 0.290. The Kier molecular flexibility index (Phi) is 7.34. The van der Waals surface area contributed by atoms with Crippen LogP contribution in [0.3, 0.4) is 0 Å². The molecule has 5 rings (SSSR count). The molecule has 40 heavy (non-hydrogen) atoms. The number of nitrogens with zero attached hydrogens (tertiary/aromatic N) is 1. The SMILES string of the molecule is CCO[C@@]1(O)[C@H](O)[C@@H](CO)O[C@]1(n1cc(C)c(=O)[nH]c1=O)C(c1ccccc1)(c1ccccc1)c1ccccc1. The highest BCUT2D eigenvalue weighted by atomic mass is 16.7. The van der Waals surface area contributed by atoms with Gasteiger partial charge in [0, 0.05) is 18.4 Å². The third-order valence-corrected chi connectivity index (χ3v) is 7.69. The highest BCUT2D eigenvalue weighted by molar-refractivity contribution is 5.55. The molecule has 3 aromatic carbocycles. The fourth-order valence-corrected chi connectivity index (χ4v) is 6.08. The van der Waals surface area contributed by atoms with Gasteiger partial charge in [0.05, 0.1) is 12.0 Å². The van der Waals surface area contributed by atoms with Gasteiger partial charge in [0.25, 0.3) is 5.56 Å². The van der Waals surface area contributed by atoms with Crippen LogP contribution in [0, 0.1) is 6.92 Å². The van der Waals surface area contributed by atoms with Crippen molar-refractivity contribution in [2.24, 2.45) is 0 Å². The molecule has 4 N–H and O–H groups in total. The van der Waals surface area contributed by atoms with Crippen LogP contribution in [0.1, 0.15) is 29.2 Å². The number of hydrogen-bond acceptors (Lipinski definition) is 7. The lowest BCUT2D eigenvalue weighted by Crippen LogP contribution is -2.71. The Balaban J connectivity index is 2.11. The van der Waals surface area contributed by atoms with Crippen LogP contribution in [0.25, 0.3) is 0 Å². The highest BCUT2D eigenvalue weighted by Gasteiger charge is 2.77. The van der Waals surface area contributed by atoms with E-state index in [1.165, 1.54) is 13.1 Å². The monoisotopic (exact) mass is 544 g/mol. The minimum Gasteiger partial charge on any atom is -0.394 e. The van der Waals surface area contributed by atoms with Crippen molar-refractivity contribution in [1.82, 2.24) is 9.55 Å². The van der Waals surface area contributed by atoms with Crippen LogP contribution in [-0.2, 0) is 20.6 Å². The number of aromatic nitrogens is 2. The van der Waals surface area contributed by atoms with Gasteiger partial charge in [-0.3, -0.25) is 14.3 Å². The predicted octanol–water partition coefficient (Wildman–Crippen LogP) is 2.01. The minimum atomic E-state index is -2.62. The molecule has 1 aromatic heterocycles.